The van der Waals surface area contributed by atoms with Gasteiger partial charge < -0.3 is 15.4 Å². The van der Waals surface area contributed by atoms with E-state index in [1.165, 1.54) is 6.20 Å². The molecule has 0 aliphatic heterocycles. The Labute approximate surface area is 137 Å². The van der Waals surface area contributed by atoms with Crippen LogP contribution in [0.1, 0.15) is 6.42 Å². The van der Waals surface area contributed by atoms with Crippen molar-refractivity contribution in [1.29, 1.82) is 0 Å². The molecule has 0 saturated carbocycles. The lowest BCUT2D eigenvalue weighted by Gasteiger charge is -2.07. The van der Waals surface area contributed by atoms with Gasteiger partial charge in [-0.05, 0) is 18.2 Å². The van der Waals surface area contributed by atoms with E-state index in [2.05, 4.69) is 25.6 Å². The molecule has 8 nitrogen and oxygen atoms in total. The minimum Gasteiger partial charge on any atom is -0.456 e. The van der Waals surface area contributed by atoms with Crippen molar-refractivity contribution >= 4 is 35.1 Å². The summed E-state index contributed by atoms with van der Waals surface area (Å²) in [5.74, 6) is -0.585. The first-order valence-electron chi connectivity index (χ1n) is 6.72. The molecule has 2 aromatic rings. The van der Waals surface area contributed by atoms with E-state index >= 15 is 0 Å². The number of halogens is 1. The Kier molecular flexibility index (Phi) is 6.25. The normalized spacial score (nSPS) is 9.96. The summed E-state index contributed by atoms with van der Waals surface area (Å²) in [4.78, 5) is 34.9. The molecule has 120 valence electrons. The zero-order valence-electron chi connectivity index (χ0n) is 12.0. The van der Waals surface area contributed by atoms with Crippen LogP contribution in [0.15, 0.2) is 36.8 Å². The van der Waals surface area contributed by atoms with Gasteiger partial charge >= 0.3 is 5.97 Å². The van der Waals surface area contributed by atoms with Crippen molar-refractivity contribution in [1.82, 2.24) is 15.0 Å². The van der Waals surface area contributed by atoms with E-state index in [1.54, 1.807) is 30.6 Å². The number of aromatic nitrogens is 3. The summed E-state index contributed by atoms with van der Waals surface area (Å²) < 4.78 is 4.86. The summed E-state index contributed by atoms with van der Waals surface area (Å²) in [6, 6.07) is 4.91. The number of rotatable bonds is 7. The second-order valence-corrected chi connectivity index (χ2v) is 4.66. The Morgan fingerprint density at radius 1 is 1.13 bits per heavy atom. The standard InChI is InChI=1S/C14H14ClN5O3/c15-13-10(3-1-5-16-13)20-11(21)9-23-12(22)4-8-19-14-17-6-2-7-18-14/h1-3,5-7H,4,8-9H2,(H,20,21)(H,17,18,19). The minimum atomic E-state index is -0.513. The van der Waals surface area contributed by atoms with Gasteiger partial charge in [-0.15, -0.1) is 0 Å². The highest BCUT2D eigenvalue weighted by Crippen LogP contribution is 2.16. The highest BCUT2D eigenvalue weighted by Gasteiger charge is 2.09. The molecule has 0 aliphatic rings. The van der Waals surface area contributed by atoms with Gasteiger partial charge in [0.05, 0.1) is 12.1 Å². The molecule has 0 fully saturated rings. The van der Waals surface area contributed by atoms with E-state index in [0.29, 0.717) is 18.2 Å². The molecule has 2 rings (SSSR count). The third-order valence-corrected chi connectivity index (χ3v) is 2.88. The number of esters is 1. The van der Waals surface area contributed by atoms with Crippen LogP contribution >= 0.6 is 11.6 Å². The lowest BCUT2D eigenvalue weighted by atomic mass is 10.4. The summed E-state index contributed by atoms with van der Waals surface area (Å²) in [5.41, 5.74) is 0.359. The van der Waals surface area contributed by atoms with E-state index in [-0.39, 0.29) is 11.6 Å². The van der Waals surface area contributed by atoms with Crippen LogP contribution in [0.5, 0.6) is 0 Å². The van der Waals surface area contributed by atoms with E-state index in [0.717, 1.165) is 0 Å². The molecular formula is C14H14ClN5O3. The molecule has 0 aliphatic carbocycles. The number of anilines is 2. The molecule has 0 radical (unpaired) electrons. The average molecular weight is 336 g/mol. The first kappa shape index (κ1) is 16.6. The molecular weight excluding hydrogens is 322 g/mol. The van der Waals surface area contributed by atoms with Gasteiger partial charge in [0, 0.05) is 25.1 Å². The van der Waals surface area contributed by atoms with Crippen LogP contribution in [0, 0.1) is 0 Å². The fraction of sp³-hybridized carbons (Fsp3) is 0.214. The average Bonchev–Trinajstić information content (AvgIpc) is 2.56. The highest BCUT2D eigenvalue weighted by molar-refractivity contribution is 6.32. The van der Waals surface area contributed by atoms with E-state index in [9.17, 15) is 9.59 Å². The quantitative estimate of drug-likeness (QED) is 0.583. The number of carbonyl (C=O) groups excluding carboxylic acids is 2. The highest BCUT2D eigenvalue weighted by atomic mass is 35.5. The van der Waals surface area contributed by atoms with Gasteiger partial charge in [0.15, 0.2) is 11.8 Å². The van der Waals surface area contributed by atoms with Gasteiger partial charge in [0.1, 0.15) is 0 Å². The topological polar surface area (TPSA) is 106 Å². The van der Waals surface area contributed by atoms with Crippen molar-refractivity contribution in [2.24, 2.45) is 0 Å². The number of hydrogen-bond donors (Lipinski definition) is 2. The molecule has 0 aromatic carbocycles. The zero-order valence-corrected chi connectivity index (χ0v) is 12.8. The second-order valence-electron chi connectivity index (χ2n) is 4.30. The number of nitrogens with one attached hydrogen (secondary N) is 2. The number of carbonyl (C=O) groups is 2. The van der Waals surface area contributed by atoms with Crippen LogP contribution in [-0.4, -0.2) is 40.0 Å². The maximum Gasteiger partial charge on any atom is 0.308 e. The minimum absolute atomic E-state index is 0.0825. The predicted octanol–water partition coefficient (Wildman–Crippen LogP) is 1.51. The van der Waals surface area contributed by atoms with Crippen LogP contribution in [-0.2, 0) is 14.3 Å². The Bertz CT molecular complexity index is 668. The molecule has 2 heterocycles. The van der Waals surface area contributed by atoms with Crippen molar-refractivity contribution in [3.05, 3.63) is 41.9 Å². The largest absolute Gasteiger partial charge is 0.456 e. The van der Waals surface area contributed by atoms with Crippen molar-refractivity contribution in [2.45, 2.75) is 6.42 Å². The number of ether oxygens (including phenoxy) is 1. The van der Waals surface area contributed by atoms with Crippen molar-refractivity contribution in [2.75, 3.05) is 23.8 Å². The third-order valence-electron chi connectivity index (χ3n) is 2.58. The van der Waals surface area contributed by atoms with E-state index < -0.39 is 18.5 Å². The van der Waals surface area contributed by atoms with Gasteiger partial charge in [-0.25, -0.2) is 15.0 Å². The Balaban J connectivity index is 1.66. The van der Waals surface area contributed by atoms with Crippen LogP contribution in [0.4, 0.5) is 11.6 Å². The van der Waals surface area contributed by atoms with E-state index in [4.69, 9.17) is 16.3 Å². The van der Waals surface area contributed by atoms with Crippen molar-refractivity contribution < 1.29 is 14.3 Å². The lowest BCUT2D eigenvalue weighted by Crippen LogP contribution is -2.22. The first-order valence-corrected chi connectivity index (χ1v) is 7.10. The summed E-state index contributed by atoms with van der Waals surface area (Å²) >= 11 is 5.80. The molecule has 0 bridgehead atoms. The summed E-state index contributed by atoms with van der Waals surface area (Å²) in [5, 5.41) is 5.53. The van der Waals surface area contributed by atoms with Gasteiger partial charge in [0.2, 0.25) is 5.95 Å². The number of nitrogens with zero attached hydrogens (tertiary/aromatic N) is 3. The van der Waals surface area contributed by atoms with E-state index in [1.807, 2.05) is 0 Å². The summed E-state index contributed by atoms with van der Waals surface area (Å²) in [6.45, 7) is -0.0925. The fourth-order valence-corrected chi connectivity index (χ4v) is 1.72. The molecule has 0 unspecified atom stereocenters. The smallest absolute Gasteiger partial charge is 0.308 e. The number of amides is 1. The number of pyridine rings is 1. The van der Waals surface area contributed by atoms with Gasteiger partial charge in [-0.3, -0.25) is 9.59 Å². The lowest BCUT2D eigenvalue weighted by molar-refractivity contribution is -0.147. The van der Waals surface area contributed by atoms with Gasteiger partial charge in [0.25, 0.3) is 5.91 Å². The molecule has 0 saturated heterocycles. The van der Waals surface area contributed by atoms with Crippen molar-refractivity contribution in [3.8, 4) is 0 Å². The zero-order chi connectivity index (χ0) is 16.5. The van der Waals surface area contributed by atoms with Crippen LogP contribution in [0.2, 0.25) is 5.15 Å². The molecule has 2 N–H and O–H groups in total. The van der Waals surface area contributed by atoms with Crippen LogP contribution in [0.25, 0.3) is 0 Å². The predicted molar refractivity (Wildman–Crippen MR) is 84.0 cm³/mol. The molecule has 1 amide bonds. The number of hydrogen-bond acceptors (Lipinski definition) is 7. The van der Waals surface area contributed by atoms with Crippen LogP contribution < -0.4 is 10.6 Å². The Hall–Kier alpha value is -2.74. The fourth-order valence-electron chi connectivity index (χ4n) is 1.55. The summed E-state index contributed by atoms with van der Waals surface area (Å²) in [6.07, 6.45) is 4.75. The second kappa shape index (κ2) is 8.64. The van der Waals surface area contributed by atoms with Crippen LogP contribution in [0.3, 0.4) is 0 Å². The first-order chi connectivity index (χ1) is 11.1. The maximum atomic E-state index is 11.7. The van der Waals surface area contributed by atoms with Crippen molar-refractivity contribution in [3.63, 3.8) is 0 Å². The third kappa shape index (κ3) is 5.87. The molecule has 0 spiro atoms. The SMILES string of the molecule is O=C(COC(=O)CCNc1ncccn1)Nc1cccnc1Cl. The molecule has 2 aromatic heterocycles. The molecule has 9 heteroatoms. The molecule has 0 atom stereocenters. The van der Waals surface area contributed by atoms with Gasteiger partial charge in [-0.1, -0.05) is 11.6 Å². The molecule has 23 heavy (non-hydrogen) atoms. The maximum absolute atomic E-state index is 11.7. The monoisotopic (exact) mass is 335 g/mol. The Morgan fingerprint density at radius 2 is 1.87 bits per heavy atom. The Morgan fingerprint density at radius 3 is 2.61 bits per heavy atom. The van der Waals surface area contributed by atoms with Gasteiger partial charge in [-0.2, -0.15) is 0 Å². The summed E-state index contributed by atoms with van der Waals surface area (Å²) in [7, 11) is 0.